The monoisotopic (exact) mass is 215 g/mol. The summed E-state index contributed by atoms with van der Waals surface area (Å²) in [6, 6.07) is 7.26. The van der Waals surface area contributed by atoms with E-state index in [2.05, 4.69) is 17.5 Å². The van der Waals surface area contributed by atoms with Crippen molar-refractivity contribution >= 4 is 12.1 Å². The quantitative estimate of drug-likeness (QED) is 0.784. The van der Waals surface area contributed by atoms with Gasteiger partial charge in [0.15, 0.2) is 0 Å². The van der Waals surface area contributed by atoms with Crippen molar-refractivity contribution in [2.24, 2.45) is 0 Å². The Morgan fingerprint density at radius 1 is 1.19 bits per heavy atom. The molecule has 0 aromatic heterocycles. The fraction of sp³-hybridized carbons (Fsp3) is 0.154. The predicted octanol–water partition coefficient (Wildman–Crippen LogP) is 2.87. The normalized spacial score (nSPS) is 14.1. The Labute approximate surface area is 94.4 Å². The Hall–Kier alpha value is -2.03. The zero-order valence-electron chi connectivity index (χ0n) is 8.85. The van der Waals surface area contributed by atoms with E-state index in [4.69, 9.17) is 4.74 Å². The van der Waals surface area contributed by atoms with Crippen LogP contribution in [0, 0.1) is 0 Å². The van der Waals surface area contributed by atoms with E-state index in [-0.39, 0.29) is 0 Å². The highest BCUT2D eigenvalue weighted by molar-refractivity contribution is 5.71. The second-order valence-corrected chi connectivity index (χ2v) is 3.47. The Balaban J connectivity index is 2.02. The van der Waals surface area contributed by atoms with E-state index < -0.39 is 0 Å². The Kier molecular flexibility index (Phi) is 3.38. The van der Waals surface area contributed by atoms with Crippen molar-refractivity contribution in [2.75, 3.05) is 5.32 Å². The molecule has 0 saturated heterocycles. The molecule has 1 amide bonds. The number of hydrogen-bond acceptors (Lipinski definition) is 2. The summed E-state index contributed by atoms with van der Waals surface area (Å²) in [7, 11) is 0. The number of amides is 1. The van der Waals surface area contributed by atoms with Crippen molar-refractivity contribution in [3.63, 3.8) is 0 Å². The molecule has 1 aromatic carbocycles. The number of benzene rings is 1. The molecular formula is C13H13NO2. The maximum atomic E-state index is 10.2. The van der Waals surface area contributed by atoms with Crippen LogP contribution in [-0.2, 0) is 4.79 Å². The van der Waals surface area contributed by atoms with Crippen molar-refractivity contribution in [1.82, 2.24) is 0 Å². The second kappa shape index (κ2) is 5.16. The molecule has 16 heavy (non-hydrogen) atoms. The molecule has 3 nitrogen and oxygen atoms in total. The van der Waals surface area contributed by atoms with E-state index in [0.29, 0.717) is 6.41 Å². The van der Waals surface area contributed by atoms with Gasteiger partial charge in [0.2, 0.25) is 6.41 Å². The van der Waals surface area contributed by atoms with Gasteiger partial charge in [0.05, 0.1) is 0 Å². The van der Waals surface area contributed by atoms with E-state index in [1.165, 1.54) is 0 Å². The lowest BCUT2D eigenvalue weighted by atomic mass is 10.2. The average molecular weight is 215 g/mol. The zero-order valence-corrected chi connectivity index (χ0v) is 8.85. The predicted molar refractivity (Wildman–Crippen MR) is 63.2 cm³/mol. The van der Waals surface area contributed by atoms with Crippen LogP contribution in [0.4, 0.5) is 5.69 Å². The smallest absolute Gasteiger partial charge is 0.211 e. The first kappa shape index (κ1) is 10.5. The van der Waals surface area contributed by atoms with Gasteiger partial charge >= 0.3 is 0 Å². The van der Waals surface area contributed by atoms with Gasteiger partial charge in [0, 0.05) is 5.69 Å². The number of carbonyl (C=O) groups is 1. The summed E-state index contributed by atoms with van der Waals surface area (Å²) in [6.45, 7) is 0. The van der Waals surface area contributed by atoms with Crippen molar-refractivity contribution in [1.29, 1.82) is 0 Å². The molecule has 0 radical (unpaired) electrons. The first-order valence-corrected chi connectivity index (χ1v) is 5.23. The minimum Gasteiger partial charge on any atom is -0.458 e. The summed E-state index contributed by atoms with van der Waals surface area (Å²) in [5, 5.41) is 2.57. The third-order valence-electron chi connectivity index (χ3n) is 2.28. The number of nitrogens with one attached hydrogen (secondary N) is 1. The van der Waals surface area contributed by atoms with Crippen LogP contribution in [0.1, 0.15) is 12.8 Å². The molecule has 0 spiro atoms. The Bertz CT molecular complexity index is 418. The van der Waals surface area contributed by atoms with Crippen LogP contribution in [-0.4, -0.2) is 6.41 Å². The van der Waals surface area contributed by atoms with Gasteiger partial charge in [0.25, 0.3) is 0 Å². The third kappa shape index (κ3) is 2.73. The van der Waals surface area contributed by atoms with E-state index in [9.17, 15) is 4.79 Å². The molecular weight excluding hydrogens is 202 g/mol. The topological polar surface area (TPSA) is 38.3 Å². The maximum Gasteiger partial charge on any atom is 0.211 e. The molecule has 0 heterocycles. The number of allylic oxidation sites excluding steroid dienone is 3. The molecule has 3 heteroatoms. The van der Waals surface area contributed by atoms with E-state index in [0.717, 1.165) is 30.0 Å². The first-order valence-electron chi connectivity index (χ1n) is 5.23. The number of ether oxygens (including phenoxy) is 1. The van der Waals surface area contributed by atoms with Gasteiger partial charge in [-0.1, -0.05) is 6.08 Å². The number of anilines is 1. The van der Waals surface area contributed by atoms with Crippen molar-refractivity contribution in [3.8, 4) is 5.75 Å². The lowest BCUT2D eigenvalue weighted by Crippen LogP contribution is -1.96. The summed E-state index contributed by atoms with van der Waals surface area (Å²) in [5.74, 6) is 1.65. The van der Waals surface area contributed by atoms with Crippen molar-refractivity contribution in [3.05, 3.63) is 48.3 Å². The highest BCUT2D eigenvalue weighted by Crippen LogP contribution is 2.19. The van der Waals surface area contributed by atoms with Gasteiger partial charge in [-0.25, -0.2) is 0 Å². The Morgan fingerprint density at radius 3 is 2.62 bits per heavy atom. The molecule has 0 aliphatic heterocycles. The van der Waals surface area contributed by atoms with Crippen LogP contribution in [0.25, 0.3) is 0 Å². The maximum absolute atomic E-state index is 10.2. The Morgan fingerprint density at radius 2 is 2.00 bits per heavy atom. The second-order valence-electron chi connectivity index (χ2n) is 3.47. The molecule has 0 saturated carbocycles. The van der Waals surface area contributed by atoms with Gasteiger partial charge in [-0.15, -0.1) is 0 Å². The standard InChI is InChI=1S/C13H13NO2/c15-10-14-11-6-8-13(9-7-11)16-12-4-2-1-3-5-12/h2,4-10H,1,3H2,(H,14,15). The van der Waals surface area contributed by atoms with Crippen LogP contribution in [0.5, 0.6) is 5.75 Å². The molecule has 0 atom stereocenters. The van der Waals surface area contributed by atoms with Crippen LogP contribution in [0.3, 0.4) is 0 Å². The summed E-state index contributed by atoms with van der Waals surface area (Å²) in [5.41, 5.74) is 0.760. The van der Waals surface area contributed by atoms with E-state index in [1.54, 1.807) is 12.1 Å². The lowest BCUT2D eigenvalue weighted by Gasteiger charge is -2.09. The molecule has 82 valence electrons. The SMILES string of the molecule is O=CNc1ccc(OC2=CCCC=C2)cc1. The molecule has 1 aliphatic carbocycles. The van der Waals surface area contributed by atoms with Crippen molar-refractivity contribution < 1.29 is 9.53 Å². The van der Waals surface area contributed by atoms with Crippen LogP contribution in [0.2, 0.25) is 0 Å². The third-order valence-corrected chi connectivity index (χ3v) is 2.28. The molecule has 0 fully saturated rings. The number of carbonyl (C=O) groups excluding carboxylic acids is 1. The van der Waals surface area contributed by atoms with Crippen molar-refractivity contribution in [2.45, 2.75) is 12.8 Å². The first-order chi connectivity index (χ1) is 7.88. The van der Waals surface area contributed by atoms with Crippen LogP contribution in [0.15, 0.2) is 48.3 Å². The molecule has 0 unspecified atom stereocenters. The van der Waals surface area contributed by atoms with E-state index >= 15 is 0 Å². The zero-order chi connectivity index (χ0) is 11.2. The lowest BCUT2D eigenvalue weighted by molar-refractivity contribution is -0.105. The summed E-state index contributed by atoms with van der Waals surface area (Å²) in [6.07, 6.45) is 8.89. The minimum absolute atomic E-state index is 0.655. The summed E-state index contributed by atoms with van der Waals surface area (Å²) < 4.78 is 5.65. The highest BCUT2D eigenvalue weighted by Gasteiger charge is 2.00. The summed E-state index contributed by atoms with van der Waals surface area (Å²) in [4.78, 5) is 10.2. The van der Waals surface area contributed by atoms with Gasteiger partial charge in [-0.3, -0.25) is 4.79 Å². The minimum atomic E-state index is 0.655. The van der Waals surface area contributed by atoms with E-state index in [1.807, 2.05) is 18.2 Å². The van der Waals surface area contributed by atoms with Gasteiger partial charge in [-0.2, -0.15) is 0 Å². The molecule has 1 aliphatic rings. The molecule has 1 N–H and O–H groups in total. The molecule has 2 rings (SSSR count). The largest absolute Gasteiger partial charge is 0.458 e. The van der Waals surface area contributed by atoms with Crippen LogP contribution < -0.4 is 10.1 Å². The van der Waals surface area contributed by atoms with Gasteiger partial charge in [0.1, 0.15) is 11.5 Å². The van der Waals surface area contributed by atoms with Gasteiger partial charge in [-0.05, 0) is 49.3 Å². The average Bonchev–Trinajstić information content (AvgIpc) is 2.33. The highest BCUT2D eigenvalue weighted by atomic mass is 16.5. The number of hydrogen-bond donors (Lipinski definition) is 1. The summed E-state index contributed by atoms with van der Waals surface area (Å²) >= 11 is 0. The molecule has 0 bridgehead atoms. The number of rotatable bonds is 4. The fourth-order valence-electron chi connectivity index (χ4n) is 1.49. The van der Waals surface area contributed by atoms with Gasteiger partial charge < -0.3 is 10.1 Å². The molecule has 1 aromatic rings. The fourth-order valence-corrected chi connectivity index (χ4v) is 1.49. The van der Waals surface area contributed by atoms with Crippen LogP contribution >= 0.6 is 0 Å².